The van der Waals surface area contributed by atoms with Gasteiger partial charge in [0.25, 0.3) is 5.91 Å². The third-order valence-electron chi connectivity index (χ3n) is 2.98. The van der Waals surface area contributed by atoms with E-state index in [-0.39, 0.29) is 11.9 Å². The number of nitriles is 1. The number of nitrogens with two attached hydrogens (primary N) is 1. The van der Waals surface area contributed by atoms with Crippen molar-refractivity contribution in [1.29, 1.82) is 5.26 Å². The van der Waals surface area contributed by atoms with Gasteiger partial charge in [-0.1, -0.05) is 6.07 Å². The van der Waals surface area contributed by atoms with E-state index in [9.17, 15) is 4.79 Å². The second kappa shape index (κ2) is 4.98. The summed E-state index contributed by atoms with van der Waals surface area (Å²) in [6.07, 6.45) is 1.92. The molecular weight excluding hydrogens is 214 g/mol. The van der Waals surface area contributed by atoms with Crippen LogP contribution in [0.25, 0.3) is 0 Å². The molecule has 1 aliphatic rings. The number of amides is 1. The van der Waals surface area contributed by atoms with E-state index in [1.807, 2.05) is 6.07 Å². The molecule has 4 nitrogen and oxygen atoms in total. The van der Waals surface area contributed by atoms with Crippen LogP contribution in [-0.4, -0.2) is 29.9 Å². The van der Waals surface area contributed by atoms with E-state index >= 15 is 0 Å². The van der Waals surface area contributed by atoms with Crippen LogP contribution in [0, 0.1) is 11.3 Å². The predicted molar refractivity (Wildman–Crippen MR) is 64.3 cm³/mol. The van der Waals surface area contributed by atoms with E-state index in [4.69, 9.17) is 11.0 Å². The molecule has 0 unspecified atom stereocenters. The lowest BCUT2D eigenvalue weighted by Crippen LogP contribution is -2.45. The molecule has 1 aromatic carbocycles. The number of carbonyl (C=O) groups excluding carboxylic acids is 1. The summed E-state index contributed by atoms with van der Waals surface area (Å²) in [6.45, 7) is 1.36. The van der Waals surface area contributed by atoms with Gasteiger partial charge in [-0.05, 0) is 31.0 Å². The lowest BCUT2D eigenvalue weighted by molar-refractivity contribution is 0.0709. The Balaban J connectivity index is 2.16. The molecule has 2 rings (SSSR count). The summed E-state index contributed by atoms with van der Waals surface area (Å²) in [7, 11) is 0. The lowest BCUT2D eigenvalue weighted by atomic mass is 10.0. The second-order valence-corrected chi connectivity index (χ2v) is 4.35. The molecule has 0 spiro atoms. The number of benzene rings is 1. The summed E-state index contributed by atoms with van der Waals surface area (Å²) in [4.78, 5) is 13.9. The number of piperidine rings is 1. The number of hydrogen-bond donors (Lipinski definition) is 1. The molecule has 0 radical (unpaired) electrons. The summed E-state index contributed by atoms with van der Waals surface area (Å²) < 4.78 is 0. The van der Waals surface area contributed by atoms with Gasteiger partial charge in [-0.2, -0.15) is 5.26 Å². The zero-order valence-corrected chi connectivity index (χ0v) is 9.60. The van der Waals surface area contributed by atoms with Crippen molar-refractivity contribution in [2.45, 2.75) is 18.9 Å². The molecule has 1 saturated heterocycles. The maximum atomic E-state index is 12.2. The Morgan fingerprint density at radius 3 is 3.06 bits per heavy atom. The Morgan fingerprint density at radius 1 is 1.53 bits per heavy atom. The molecule has 0 aliphatic carbocycles. The van der Waals surface area contributed by atoms with E-state index in [0.29, 0.717) is 17.7 Å². The summed E-state index contributed by atoms with van der Waals surface area (Å²) in [5.41, 5.74) is 6.93. The quantitative estimate of drug-likeness (QED) is 0.784. The Kier molecular flexibility index (Phi) is 3.40. The van der Waals surface area contributed by atoms with E-state index in [1.54, 1.807) is 29.2 Å². The maximum absolute atomic E-state index is 12.2. The van der Waals surface area contributed by atoms with Gasteiger partial charge in [-0.15, -0.1) is 0 Å². The van der Waals surface area contributed by atoms with Gasteiger partial charge >= 0.3 is 0 Å². The van der Waals surface area contributed by atoms with Crippen LogP contribution in [0.2, 0.25) is 0 Å². The van der Waals surface area contributed by atoms with Crippen LogP contribution >= 0.6 is 0 Å². The van der Waals surface area contributed by atoms with Gasteiger partial charge in [0, 0.05) is 24.7 Å². The van der Waals surface area contributed by atoms with Crippen LogP contribution in [0.15, 0.2) is 24.3 Å². The first-order chi connectivity index (χ1) is 8.20. The van der Waals surface area contributed by atoms with Crippen molar-refractivity contribution in [3.05, 3.63) is 35.4 Å². The SMILES string of the molecule is N#Cc1cccc(C(=O)N2CCC[C@@H](N)C2)c1. The average Bonchev–Trinajstić information content (AvgIpc) is 2.38. The fourth-order valence-electron chi connectivity index (χ4n) is 2.10. The smallest absolute Gasteiger partial charge is 0.253 e. The minimum Gasteiger partial charge on any atom is -0.337 e. The van der Waals surface area contributed by atoms with Crippen molar-refractivity contribution in [2.75, 3.05) is 13.1 Å². The molecule has 1 aliphatic heterocycles. The van der Waals surface area contributed by atoms with Gasteiger partial charge < -0.3 is 10.6 Å². The van der Waals surface area contributed by atoms with E-state index < -0.39 is 0 Å². The van der Waals surface area contributed by atoms with Gasteiger partial charge in [0.2, 0.25) is 0 Å². The first-order valence-corrected chi connectivity index (χ1v) is 5.75. The van der Waals surface area contributed by atoms with Crippen molar-refractivity contribution in [3.63, 3.8) is 0 Å². The minimum absolute atomic E-state index is 0.0303. The summed E-state index contributed by atoms with van der Waals surface area (Å²) in [5.74, 6) is -0.0303. The Bertz CT molecular complexity index is 464. The van der Waals surface area contributed by atoms with Crippen molar-refractivity contribution in [2.24, 2.45) is 5.73 Å². The molecule has 0 bridgehead atoms. The molecule has 1 fully saturated rings. The van der Waals surface area contributed by atoms with Crippen LogP contribution in [0.1, 0.15) is 28.8 Å². The van der Waals surface area contributed by atoms with Gasteiger partial charge in [-0.3, -0.25) is 4.79 Å². The van der Waals surface area contributed by atoms with Crippen LogP contribution in [0.4, 0.5) is 0 Å². The zero-order valence-electron chi connectivity index (χ0n) is 9.60. The Hall–Kier alpha value is -1.86. The van der Waals surface area contributed by atoms with E-state index in [1.165, 1.54) is 0 Å². The molecule has 1 heterocycles. The molecule has 1 amide bonds. The number of hydrogen-bond acceptors (Lipinski definition) is 3. The van der Waals surface area contributed by atoms with Crippen LogP contribution in [-0.2, 0) is 0 Å². The summed E-state index contributed by atoms with van der Waals surface area (Å²) >= 11 is 0. The highest BCUT2D eigenvalue weighted by molar-refractivity contribution is 5.94. The van der Waals surface area contributed by atoms with Gasteiger partial charge in [-0.25, -0.2) is 0 Å². The van der Waals surface area contributed by atoms with Crippen molar-refractivity contribution in [3.8, 4) is 6.07 Å². The number of likely N-dealkylation sites (tertiary alicyclic amines) is 1. The second-order valence-electron chi connectivity index (χ2n) is 4.35. The van der Waals surface area contributed by atoms with Crippen LogP contribution < -0.4 is 5.73 Å². The normalized spacial score (nSPS) is 19.8. The topological polar surface area (TPSA) is 70.1 Å². The first kappa shape index (κ1) is 11.6. The molecular formula is C13H15N3O. The molecule has 17 heavy (non-hydrogen) atoms. The monoisotopic (exact) mass is 229 g/mol. The van der Waals surface area contributed by atoms with Crippen molar-refractivity contribution in [1.82, 2.24) is 4.90 Å². The summed E-state index contributed by atoms with van der Waals surface area (Å²) in [6, 6.07) is 8.91. The average molecular weight is 229 g/mol. The highest BCUT2D eigenvalue weighted by Gasteiger charge is 2.22. The molecule has 1 atom stereocenters. The molecule has 0 aromatic heterocycles. The minimum atomic E-state index is -0.0303. The fourth-order valence-corrected chi connectivity index (χ4v) is 2.10. The number of carbonyl (C=O) groups is 1. The highest BCUT2D eigenvalue weighted by Crippen LogP contribution is 2.13. The third-order valence-corrected chi connectivity index (χ3v) is 2.98. The third kappa shape index (κ3) is 2.63. The fraction of sp³-hybridized carbons (Fsp3) is 0.385. The molecule has 1 aromatic rings. The zero-order chi connectivity index (χ0) is 12.3. The van der Waals surface area contributed by atoms with Crippen LogP contribution in [0.3, 0.4) is 0 Å². The van der Waals surface area contributed by atoms with Gasteiger partial charge in [0.1, 0.15) is 0 Å². The lowest BCUT2D eigenvalue weighted by Gasteiger charge is -2.30. The maximum Gasteiger partial charge on any atom is 0.253 e. The molecule has 88 valence electrons. The molecule has 2 N–H and O–H groups in total. The number of rotatable bonds is 1. The van der Waals surface area contributed by atoms with Gasteiger partial charge in [0.15, 0.2) is 0 Å². The molecule has 0 saturated carbocycles. The van der Waals surface area contributed by atoms with Crippen molar-refractivity contribution >= 4 is 5.91 Å². The molecule has 4 heteroatoms. The largest absolute Gasteiger partial charge is 0.337 e. The first-order valence-electron chi connectivity index (χ1n) is 5.75. The summed E-state index contributed by atoms with van der Waals surface area (Å²) in [5, 5.41) is 8.80. The van der Waals surface area contributed by atoms with E-state index in [2.05, 4.69) is 0 Å². The van der Waals surface area contributed by atoms with E-state index in [0.717, 1.165) is 19.4 Å². The Labute approximate surface area is 101 Å². The predicted octanol–water partition coefficient (Wildman–Crippen LogP) is 1.12. The number of nitrogens with zero attached hydrogens (tertiary/aromatic N) is 2. The van der Waals surface area contributed by atoms with Crippen LogP contribution in [0.5, 0.6) is 0 Å². The van der Waals surface area contributed by atoms with Crippen molar-refractivity contribution < 1.29 is 4.79 Å². The Morgan fingerprint density at radius 2 is 2.35 bits per heavy atom. The highest BCUT2D eigenvalue weighted by atomic mass is 16.2. The van der Waals surface area contributed by atoms with Gasteiger partial charge in [0.05, 0.1) is 11.6 Å². The standard InChI is InChI=1S/C13H15N3O/c14-8-10-3-1-4-11(7-10)13(17)16-6-2-5-12(15)9-16/h1,3-4,7,12H,2,5-6,9,15H2/t12-/m1/s1.